The zero-order valence-electron chi connectivity index (χ0n) is 28.2. The Morgan fingerprint density at radius 2 is 1.52 bits per heavy atom. The highest BCUT2D eigenvalue weighted by Gasteiger charge is 2.37. The number of carbonyl (C=O) groups excluding carboxylic acids is 3. The summed E-state index contributed by atoms with van der Waals surface area (Å²) < 4.78 is 10.8. The van der Waals surface area contributed by atoms with Gasteiger partial charge < -0.3 is 30.1 Å². The van der Waals surface area contributed by atoms with E-state index in [1.807, 2.05) is 32.0 Å². The number of nitrogens with zero attached hydrogens (tertiary/aromatic N) is 1. The molecule has 0 bridgehead atoms. The van der Waals surface area contributed by atoms with Crippen molar-refractivity contribution in [3.8, 4) is 11.5 Å². The number of carbonyl (C=O) groups is 3. The van der Waals surface area contributed by atoms with Gasteiger partial charge in [-0.2, -0.15) is 0 Å². The molecule has 9 nitrogen and oxygen atoms in total. The van der Waals surface area contributed by atoms with E-state index in [0.29, 0.717) is 24.4 Å². The summed E-state index contributed by atoms with van der Waals surface area (Å²) in [5, 5.41) is 15.7. The lowest BCUT2D eigenvalue weighted by atomic mass is 9.92. The van der Waals surface area contributed by atoms with Crippen LogP contribution in [-0.4, -0.2) is 53.2 Å². The van der Waals surface area contributed by atoms with Gasteiger partial charge in [0.2, 0.25) is 5.91 Å². The van der Waals surface area contributed by atoms with E-state index < -0.39 is 29.7 Å². The number of amides is 3. The molecular weight excluding hydrogens is 582 g/mol. The first-order chi connectivity index (χ1) is 21.8. The molecule has 46 heavy (non-hydrogen) atoms. The number of benzene rings is 3. The van der Waals surface area contributed by atoms with Crippen LogP contribution in [0.1, 0.15) is 81.7 Å². The van der Waals surface area contributed by atoms with Gasteiger partial charge in [0.25, 0.3) is 5.91 Å². The number of phenolic OH excluding ortho intramolecular Hbond substituents is 1. The minimum atomic E-state index is -1.05. The van der Waals surface area contributed by atoms with Crippen LogP contribution in [0.15, 0.2) is 66.7 Å². The zero-order chi connectivity index (χ0) is 33.9. The molecule has 0 aromatic heterocycles. The predicted molar refractivity (Wildman–Crippen MR) is 181 cm³/mol. The number of methoxy groups -OCH3 is 1. The Hall–Kier alpha value is -4.53. The summed E-state index contributed by atoms with van der Waals surface area (Å²) in [4.78, 5) is 43.8. The first kappa shape index (κ1) is 35.9. The summed E-state index contributed by atoms with van der Waals surface area (Å²) >= 11 is 0. The van der Waals surface area contributed by atoms with E-state index in [-0.39, 0.29) is 18.1 Å². The Balaban J connectivity index is 2.11. The number of unbranched alkanes of at least 4 members (excludes halogenated alkanes) is 3. The van der Waals surface area contributed by atoms with Gasteiger partial charge >= 0.3 is 6.09 Å². The van der Waals surface area contributed by atoms with Crippen LogP contribution in [0, 0.1) is 13.8 Å². The fraction of sp³-hybridized carbons (Fsp3) is 0.432. The molecule has 3 aromatic carbocycles. The van der Waals surface area contributed by atoms with Gasteiger partial charge in [-0.1, -0.05) is 56.5 Å². The van der Waals surface area contributed by atoms with Gasteiger partial charge in [-0.05, 0) is 99.7 Å². The molecule has 0 heterocycles. The molecule has 2 unspecified atom stereocenters. The molecule has 9 heteroatoms. The van der Waals surface area contributed by atoms with Crippen molar-refractivity contribution in [1.29, 1.82) is 0 Å². The topological polar surface area (TPSA) is 117 Å². The maximum atomic E-state index is 14.8. The Labute approximate surface area is 273 Å². The summed E-state index contributed by atoms with van der Waals surface area (Å²) in [5.74, 6) is -0.0306. The van der Waals surface area contributed by atoms with Gasteiger partial charge in [-0.3, -0.25) is 9.59 Å². The van der Waals surface area contributed by atoms with Crippen LogP contribution in [-0.2, 0) is 20.7 Å². The molecule has 0 aliphatic rings. The fourth-order valence-electron chi connectivity index (χ4n) is 5.37. The Bertz CT molecular complexity index is 1430. The van der Waals surface area contributed by atoms with Crippen LogP contribution in [0.3, 0.4) is 0 Å². The van der Waals surface area contributed by atoms with Gasteiger partial charge in [-0.25, -0.2) is 4.79 Å². The van der Waals surface area contributed by atoms with Gasteiger partial charge in [-0.15, -0.1) is 0 Å². The third-order valence-electron chi connectivity index (χ3n) is 7.63. The highest BCUT2D eigenvalue weighted by atomic mass is 16.6. The number of anilines is 1. The third-order valence-corrected chi connectivity index (χ3v) is 7.63. The second-order valence-electron chi connectivity index (χ2n) is 12.6. The molecule has 0 saturated heterocycles. The van der Waals surface area contributed by atoms with Crippen LogP contribution in [0.5, 0.6) is 11.5 Å². The molecule has 3 rings (SSSR count). The summed E-state index contributed by atoms with van der Waals surface area (Å²) in [5.41, 5.74) is 2.98. The van der Waals surface area contributed by atoms with E-state index in [1.165, 1.54) is 12.1 Å². The van der Waals surface area contributed by atoms with Gasteiger partial charge in [0.1, 0.15) is 29.2 Å². The standard InChI is InChI=1S/C37H49N3O6/c1-8-9-10-11-23-40(35(43)31(39-36(44)46-37(4,5)6)24-27-15-19-29(41)20-16-27)33(32-25(2)13-12-14-26(32)3)34(42)38-28-17-21-30(45-7)22-18-28/h12-22,31,33,41H,8-11,23-24H2,1-7H3,(H,38,42)(H,39,44). The van der Waals surface area contributed by atoms with Crippen molar-refractivity contribution in [3.05, 3.63) is 89.0 Å². The lowest BCUT2D eigenvalue weighted by Gasteiger charge is -2.36. The normalized spacial score (nSPS) is 12.5. The van der Waals surface area contributed by atoms with Crippen LogP contribution < -0.4 is 15.4 Å². The van der Waals surface area contributed by atoms with Gasteiger partial charge in [0.05, 0.1) is 7.11 Å². The number of hydrogen-bond donors (Lipinski definition) is 3. The van der Waals surface area contributed by atoms with E-state index in [1.54, 1.807) is 69.2 Å². The molecule has 248 valence electrons. The average Bonchev–Trinajstić information content (AvgIpc) is 2.99. The lowest BCUT2D eigenvalue weighted by molar-refractivity contribution is -0.141. The summed E-state index contributed by atoms with van der Waals surface area (Å²) in [6.07, 6.45) is 2.94. The molecule has 0 saturated carbocycles. The van der Waals surface area contributed by atoms with E-state index >= 15 is 0 Å². The summed E-state index contributed by atoms with van der Waals surface area (Å²) in [6, 6.07) is 17.3. The largest absolute Gasteiger partial charge is 0.508 e. The average molecular weight is 632 g/mol. The lowest BCUT2D eigenvalue weighted by Crippen LogP contribution is -2.53. The van der Waals surface area contributed by atoms with Crippen LogP contribution >= 0.6 is 0 Å². The molecule has 3 N–H and O–H groups in total. The Morgan fingerprint density at radius 1 is 0.891 bits per heavy atom. The number of aromatic hydroxyl groups is 1. The summed E-state index contributed by atoms with van der Waals surface area (Å²) in [6.45, 7) is 11.5. The quantitative estimate of drug-likeness (QED) is 0.162. The molecule has 0 aliphatic heterocycles. The molecular formula is C37H49N3O6. The van der Waals surface area contributed by atoms with E-state index in [4.69, 9.17) is 9.47 Å². The van der Waals surface area contributed by atoms with Crippen LogP contribution in [0.25, 0.3) is 0 Å². The number of nitrogens with one attached hydrogen (secondary N) is 2. The van der Waals surface area contributed by atoms with Crippen molar-refractivity contribution in [2.24, 2.45) is 0 Å². The van der Waals surface area contributed by atoms with E-state index in [9.17, 15) is 19.5 Å². The molecule has 3 amide bonds. The first-order valence-electron chi connectivity index (χ1n) is 15.9. The number of rotatable bonds is 14. The molecule has 0 radical (unpaired) electrons. The van der Waals surface area contributed by atoms with Crippen LogP contribution in [0.2, 0.25) is 0 Å². The van der Waals surface area contributed by atoms with Crippen molar-refractivity contribution in [2.45, 2.75) is 91.3 Å². The van der Waals surface area contributed by atoms with Crippen molar-refractivity contribution >= 4 is 23.6 Å². The number of ether oxygens (including phenoxy) is 2. The molecule has 0 fully saturated rings. The SMILES string of the molecule is CCCCCCN(C(=O)C(Cc1ccc(O)cc1)NC(=O)OC(C)(C)C)C(C(=O)Nc1ccc(OC)cc1)c1c(C)cccc1C. The number of aryl methyl sites for hydroxylation is 2. The molecule has 0 spiro atoms. The molecule has 2 atom stereocenters. The predicted octanol–water partition coefficient (Wildman–Crippen LogP) is 7.24. The highest BCUT2D eigenvalue weighted by molar-refractivity contribution is 5.99. The monoisotopic (exact) mass is 631 g/mol. The molecule has 3 aromatic rings. The van der Waals surface area contributed by atoms with Crippen molar-refractivity contribution in [3.63, 3.8) is 0 Å². The summed E-state index contributed by atoms with van der Waals surface area (Å²) in [7, 11) is 1.58. The fourth-order valence-corrected chi connectivity index (χ4v) is 5.37. The van der Waals surface area contributed by atoms with Crippen molar-refractivity contribution < 1.29 is 29.0 Å². The van der Waals surface area contributed by atoms with Gasteiger partial charge in [0.15, 0.2) is 0 Å². The number of hydrogen-bond acceptors (Lipinski definition) is 6. The highest BCUT2D eigenvalue weighted by Crippen LogP contribution is 2.31. The minimum Gasteiger partial charge on any atom is -0.508 e. The van der Waals surface area contributed by atoms with Gasteiger partial charge in [0, 0.05) is 18.7 Å². The zero-order valence-corrected chi connectivity index (χ0v) is 28.2. The Morgan fingerprint density at radius 3 is 2.09 bits per heavy atom. The van der Waals surface area contributed by atoms with E-state index in [0.717, 1.165) is 41.5 Å². The maximum absolute atomic E-state index is 14.8. The second-order valence-corrected chi connectivity index (χ2v) is 12.6. The van der Waals surface area contributed by atoms with Crippen molar-refractivity contribution in [2.75, 3.05) is 19.0 Å². The van der Waals surface area contributed by atoms with Crippen LogP contribution in [0.4, 0.5) is 10.5 Å². The number of phenols is 1. The number of alkyl carbamates (subject to hydrolysis) is 1. The van der Waals surface area contributed by atoms with Crippen molar-refractivity contribution in [1.82, 2.24) is 10.2 Å². The third kappa shape index (κ3) is 10.5. The van der Waals surface area contributed by atoms with E-state index in [2.05, 4.69) is 17.6 Å². The molecule has 0 aliphatic carbocycles. The Kier molecular flexibility index (Phi) is 13.0. The minimum absolute atomic E-state index is 0.0922. The maximum Gasteiger partial charge on any atom is 0.408 e. The second kappa shape index (κ2) is 16.7. The smallest absolute Gasteiger partial charge is 0.408 e. The first-order valence-corrected chi connectivity index (χ1v) is 15.9.